The van der Waals surface area contributed by atoms with Crippen LogP contribution >= 0.6 is 0 Å². The number of ether oxygens (including phenoxy) is 1. The van der Waals surface area contributed by atoms with E-state index in [1.54, 1.807) is 19.4 Å². The lowest BCUT2D eigenvalue weighted by atomic mass is 9.97. The van der Waals surface area contributed by atoms with E-state index in [9.17, 15) is 4.79 Å². The highest BCUT2D eigenvalue weighted by Gasteiger charge is 2.24. The fourth-order valence-electron chi connectivity index (χ4n) is 5.29. The van der Waals surface area contributed by atoms with E-state index in [0.29, 0.717) is 11.8 Å². The minimum absolute atomic E-state index is 0.0881. The number of rotatable bonds is 6. The van der Waals surface area contributed by atoms with Gasteiger partial charge in [-0.25, -0.2) is 0 Å². The van der Waals surface area contributed by atoms with Gasteiger partial charge in [-0.1, -0.05) is 61.5 Å². The zero-order chi connectivity index (χ0) is 25.1. The molecule has 4 nitrogen and oxygen atoms in total. The summed E-state index contributed by atoms with van der Waals surface area (Å²) in [6, 6.07) is 23.2. The molecule has 4 heteroatoms. The number of piperidine rings is 1. The summed E-state index contributed by atoms with van der Waals surface area (Å²) in [5.41, 5.74) is 7.04. The molecule has 36 heavy (non-hydrogen) atoms. The lowest BCUT2D eigenvalue weighted by molar-refractivity contribution is -0.129. The zero-order valence-corrected chi connectivity index (χ0v) is 21.3. The van der Waals surface area contributed by atoms with Gasteiger partial charge in [0, 0.05) is 41.2 Å². The number of nitrogens with zero attached hydrogens (tertiary/aromatic N) is 1. The van der Waals surface area contributed by atoms with Crippen molar-refractivity contribution in [1.82, 2.24) is 4.90 Å². The van der Waals surface area contributed by atoms with Gasteiger partial charge in [-0.2, -0.15) is 0 Å². The number of likely N-dealkylation sites (tertiary alicyclic amines) is 1. The first-order chi connectivity index (χ1) is 17.6. The average Bonchev–Trinajstić information content (AvgIpc) is 3.35. The molecule has 0 N–H and O–H groups in total. The van der Waals surface area contributed by atoms with Crippen molar-refractivity contribution in [3.63, 3.8) is 0 Å². The molecule has 1 unspecified atom stereocenters. The molecule has 4 aromatic rings. The van der Waals surface area contributed by atoms with E-state index < -0.39 is 0 Å². The van der Waals surface area contributed by atoms with E-state index in [1.165, 1.54) is 17.5 Å². The van der Waals surface area contributed by atoms with Crippen LogP contribution in [-0.4, -0.2) is 30.5 Å². The van der Waals surface area contributed by atoms with Crippen LogP contribution in [0.4, 0.5) is 0 Å². The molecule has 1 aromatic heterocycles. The van der Waals surface area contributed by atoms with Crippen LogP contribution < -0.4 is 4.74 Å². The lowest BCUT2D eigenvalue weighted by Crippen LogP contribution is -2.42. The molecule has 1 fully saturated rings. The largest absolute Gasteiger partial charge is 0.496 e. The number of carbonyl (C=O) groups excluding carboxylic acids is 1. The smallest absolute Gasteiger partial charge is 0.247 e. The summed E-state index contributed by atoms with van der Waals surface area (Å²) in [6.45, 7) is 4.99. The van der Waals surface area contributed by atoms with E-state index in [0.717, 1.165) is 59.0 Å². The highest BCUT2D eigenvalue weighted by molar-refractivity contribution is 6.00. The molecule has 5 rings (SSSR count). The Bertz CT molecular complexity index is 1380. The second kappa shape index (κ2) is 10.4. The fraction of sp³-hybridized carbons (Fsp3) is 0.281. The number of furan rings is 1. The Morgan fingerprint density at radius 3 is 2.47 bits per heavy atom. The molecule has 2 heterocycles. The van der Waals surface area contributed by atoms with Crippen molar-refractivity contribution < 1.29 is 13.9 Å². The number of methoxy groups -OCH3 is 1. The molecule has 1 aliphatic heterocycles. The van der Waals surface area contributed by atoms with Gasteiger partial charge in [-0.15, -0.1) is 0 Å². The first-order valence-corrected chi connectivity index (χ1v) is 12.8. The van der Waals surface area contributed by atoms with Crippen LogP contribution in [0.1, 0.15) is 45.1 Å². The van der Waals surface area contributed by atoms with Gasteiger partial charge in [-0.3, -0.25) is 4.79 Å². The molecule has 0 radical (unpaired) electrons. The zero-order valence-electron chi connectivity index (χ0n) is 21.3. The van der Waals surface area contributed by atoms with Crippen molar-refractivity contribution >= 4 is 22.4 Å². The minimum Gasteiger partial charge on any atom is -0.496 e. The average molecular weight is 480 g/mol. The number of benzene rings is 3. The van der Waals surface area contributed by atoms with E-state index in [1.807, 2.05) is 24.0 Å². The highest BCUT2D eigenvalue weighted by Crippen LogP contribution is 2.38. The third-order valence-corrected chi connectivity index (χ3v) is 7.34. The van der Waals surface area contributed by atoms with Gasteiger partial charge in [0.2, 0.25) is 5.91 Å². The summed E-state index contributed by atoms with van der Waals surface area (Å²) in [5.74, 6) is 0.792. The Kier molecular flexibility index (Phi) is 6.95. The maximum atomic E-state index is 13.2. The summed E-state index contributed by atoms with van der Waals surface area (Å²) in [6.07, 6.45) is 7.93. The first-order valence-electron chi connectivity index (χ1n) is 12.8. The predicted octanol–water partition coefficient (Wildman–Crippen LogP) is 7.97. The van der Waals surface area contributed by atoms with Crippen molar-refractivity contribution in [1.29, 1.82) is 0 Å². The number of hydrogen-bond acceptors (Lipinski definition) is 3. The Morgan fingerprint density at radius 2 is 1.75 bits per heavy atom. The van der Waals surface area contributed by atoms with Crippen molar-refractivity contribution in [2.75, 3.05) is 13.7 Å². The van der Waals surface area contributed by atoms with Crippen molar-refractivity contribution in [2.24, 2.45) is 0 Å². The van der Waals surface area contributed by atoms with E-state index in [2.05, 4.69) is 61.5 Å². The number of carbonyl (C=O) groups is 1. The molecular formula is C32H33NO3. The Hall–Kier alpha value is -3.79. The van der Waals surface area contributed by atoms with Gasteiger partial charge in [0.05, 0.1) is 13.4 Å². The predicted molar refractivity (Wildman–Crippen MR) is 147 cm³/mol. The quantitative estimate of drug-likeness (QED) is 0.263. The third kappa shape index (κ3) is 4.68. The van der Waals surface area contributed by atoms with Crippen LogP contribution in [0.5, 0.6) is 5.75 Å². The van der Waals surface area contributed by atoms with Gasteiger partial charge < -0.3 is 14.1 Å². The second-order valence-corrected chi connectivity index (χ2v) is 9.56. The maximum absolute atomic E-state index is 13.2. The van der Waals surface area contributed by atoms with Crippen LogP contribution in [-0.2, 0) is 4.79 Å². The Labute approximate surface area is 213 Å². The lowest BCUT2D eigenvalue weighted by Gasteiger charge is -2.34. The fourth-order valence-corrected chi connectivity index (χ4v) is 5.29. The molecule has 0 aliphatic carbocycles. The van der Waals surface area contributed by atoms with E-state index >= 15 is 0 Å². The van der Waals surface area contributed by atoms with Gasteiger partial charge in [-0.05, 0) is 60.9 Å². The summed E-state index contributed by atoms with van der Waals surface area (Å²) >= 11 is 0. The van der Waals surface area contributed by atoms with Crippen LogP contribution in [0.3, 0.4) is 0 Å². The van der Waals surface area contributed by atoms with Crippen LogP contribution in [0, 0.1) is 0 Å². The monoisotopic (exact) mass is 479 g/mol. The van der Waals surface area contributed by atoms with Gasteiger partial charge in [0.15, 0.2) is 0 Å². The van der Waals surface area contributed by atoms with Crippen LogP contribution in [0.25, 0.3) is 38.8 Å². The molecule has 0 bridgehead atoms. The van der Waals surface area contributed by atoms with E-state index in [4.69, 9.17) is 9.15 Å². The topological polar surface area (TPSA) is 42.7 Å². The molecule has 3 aromatic carbocycles. The number of amides is 1. The molecule has 0 saturated carbocycles. The third-order valence-electron chi connectivity index (χ3n) is 7.34. The summed E-state index contributed by atoms with van der Waals surface area (Å²) in [7, 11) is 1.66. The van der Waals surface area contributed by atoms with Crippen molar-refractivity contribution in [3.8, 4) is 28.0 Å². The molecule has 0 spiro atoms. The van der Waals surface area contributed by atoms with E-state index in [-0.39, 0.29) is 5.91 Å². The van der Waals surface area contributed by atoms with Crippen molar-refractivity contribution in [2.45, 2.75) is 45.6 Å². The summed E-state index contributed by atoms with van der Waals surface area (Å²) in [4.78, 5) is 15.2. The molecule has 1 aliphatic rings. The second-order valence-electron chi connectivity index (χ2n) is 9.56. The molecular weight excluding hydrogens is 446 g/mol. The van der Waals surface area contributed by atoms with Crippen LogP contribution in [0.2, 0.25) is 0 Å². The molecule has 1 amide bonds. The summed E-state index contributed by atoms with van der Waals surface area (Å²) in [5, 5.41) is 1.00. The SMILES string of the molecule is CCC1CCCCN1C(=O)/C=C(\C)c1cc2c(-c3ccc(-c4ccccc4)cc3)coc2cc1OC. The van der Waals surface area contributed by atoms with Crippen LogP contribution in [0.15, 0.2) is 83.5 Å². The van der Waals surface area contributed by atoms with Gasteiger partial charge in [0.1, 0.15) is 11.3 Å². The molecule has 1 atom stereocenters. The Morgan fingerprint density at radius 1 is 1.03 bits per heavy atom. The Balaban J connectivity index is 1.49. The van der Waals surface area contributed by atoms with Gasteiger partial charge in [0.25, 0.3) is 0 Å². The molecule has 184 valence electrons. The summed E-state index contributed by atoms with van der Waals surface area (Å²) < 4.78 is 11.6. The number of allylic oxidation sites excluding steroid dienone is 1. The van der Waals surface area contributed by atoms with Gasteiger partial charge >= 0.3 is 0 Å². The normalized spacial score (nSPS) is 16.4. The first kappa shape index (κ1) is 23.9. The molecule has 1 saturated heterocycles. The van der Waals surface area contributed by atoms with Crippen molar-refractivity contribution in [3.05, 3.63) is 84.6 Å². The number of fused-ring (bicyclic) bond motifs is 1. The number of hydrogen-bond donors (Lipinski definition) is 0. The highest BCUT2D eigenvalue weighted by atomic mass is 16.5. The minimum atomic E-state index is 0.0881. The standard InChI is InChI=1S/C32H33NO3/c1-4-26-12-8-9-17-33(26)32(34)18-22(2)27-19-28-29(21-36-31(28)20-30(27)35-3)25-15-13-24(14-16-25)23-10-6-5-7-11-23/h5-7,10-11,13-16,18-21,26H,4,8-9,12,17H2,1-3H3/b22-18+. The maximum Gasteiger partial charge on any atom is 0.247 e.